The Bertz CT molecular complexity index is 447. The van der Waals surface area contributed by atoms with E-state index >= 15 is 0 Å². The zero-order valence-electron chi connectivity index (χ0n) is 12.5. The fourth-order valence-electron chi connectivity index (χ4n) is 1.98. The fourth-order valence-corrected chi connectivity index (χ4v) is 1.98. The summed E-state index contributed by atoms with van der Waals surface area (Å²) in [4.78, 5) is 11.4. The molecule has 112 valence electrons. The molecule has 0 spiro atoms. The van der Waals surface area contributed by atoms with E-state index in [1.54, 1.807) is 26.2 Å². The van der Waals surface area contributed by atoms with Gasteiger partial charge in [-0.3, -0.25) is 10.1 Å². The van der Waals surface area contributed by atoms with Gasteiger partial charge in [-0.25, -0.2) is 0 Å². The fraction of sp³-hybridized carbons (Fsp3) is 0.533. The lowest BCUT2D eigenvalue weighted by Gasteiger charge is -2.28. The molecule has 0 amide bonds. The van der Waals surface area contributed by atoms with Crippen LogP contribution < -0.4 is 14.8 Å². The average molecular weight is 281 g/mol. The van der Waals surface area contributed by atoms with Crippen LogP contribution in [0.1, 0.15) is 27.2 Å². The number of aliphatic carboxylic acids is 1. The van der Waals surface area contributed by atoms with E-state index in [-0.39, 0.29) is 6.04 Å². The first-order chi connectivity index (χ1) is 9.39. The number of para-hydroxylation sites is 2. The molecule has 1 atom stereocenters. The van der Waals surface area contributed by atoms with E-state index in [0.29, 0.717) is 24.5 Å². The molecule has 0 aliphatic heterocycles. The van der Waals surface area contributed by atoms with Crippen LogP contribution in [-0.2, 0) is 4.79 Å². The molecular weight excluding hydrogens is 258 g/mol. The molecule has 20 heavy (non-hydrogen) atoms. The van der Waals surface area contributed by atoms with Crippen molar-refractivity contribution in [3.63, 3.8) is 0 Å². The third kappa shape index (κ3) is 4.42. The lowest BCUT2D eigenvalue weighted by Crippen LogP contribution is -2.53. The van der Waals surface area contributed by atoms with E-state index < -0.39 is 11.5 Å². The summed E-state index contributed by atoms with van der Waals surface area (Å²) in [7, 11) is 1.57. The van der Waals surface area contributed by atoms with Gasteiger partial charge >= 0.3 is 5.97 Å². The lowest BCUT2D eigenvalue weighted by atomic mass is 9.97. The number of benzene rings is 1. The Morgan fingerprint density at radius 1 is 1.35 bits per heavy atom. The minimum atomic E-state index is -1.00. The van der Waals surface area contributed by atoms with Gasteiger partial charge in [0.05, 0.1) is 13.7 Å². The highest BCUT2D eigenvalue weighted by atomic mass is 16.5. The monoisotopic (exact) mass is 281 g/mol. The van der Waals surface area contributed by atoms with E-state index in [2.05, 4.69) is 5.32 Å². The maximum absolute atomic E-state index is 11.4. The molecule has 0 saturated heterocycles. The van der Waals surface area contributed by atoms with Gasteiger partial charge in [0, 0.05) is 12.5 Å². The Kier molecular flexibility index (Phi) is 5.82. The standard InChI is InChI=1S/C15H23NO4/c1-11(2)16-15(3,14(17)18)9-10-20-13-8-6-5-7-12(13)19-4/h5-8,11,16H,9-10H2,1-4H3,(H,17,18). The lowest BCUT2D eigenvalue weighted by molar-refractivity contribution is -0.145. The summed E-state index contributed by atoms with van der Waals surface area (Å²) < 4.78 is 10.8. The summed E-state index contributed by atoms with van der Waals surface area (Å²) in [5, 5.41) is 12.4. The van der Waals surface area contributed by atoms with Crippen molar-refractivity contribution in [3.05, 3.63) is 24.3 Å². The first-order valence-corrected chi connectivity index (χ1v) is 6.66. The molecule has 0 aliphatic carbocycles. The summed E-state index contributed by atoms with van der Waals surface area (Å²) in [5.74, 6) is 0.378. The van der Waals surface area contributed by atoms with Gasteiger partial charge in [-0.2, -0.15) is 0 Å². The number of hydrogen-bond donors (Lipinski definition) is 2. The SMILES string of the molecule is COc1ccccc1OCCC(C)(NC(C)C)C(=O)O. The largest absolute Gasteiger partial charge is 0.493 e. The molecule has 0 radical (unpaired) electrons. The van der Waals surface area contributed by atoms with Gasteiger partial charge in [0.2, 0.25) is 0 Å². The van der Waals surface area contributed by atoms with Crippen LogP contribution in [0.2, 0.25) is 0 Å². The number of carboxylic acid groups (broad SMARTS) is 1. The van der Waals surface area contributed by atoms with Crippen LogP contribution in [0.4, 0.5) is 0 Å². The van der Waals surface area contributed by atoms with Gasteiger partial charge in [-0.05, 0) is 32.9 Å². The van der Waals surface area contributed by atoms with Gasteiger partial charge in [0.25, 0.3) is 0 Å². The van der Waals surface area contributed by atoms with Crippen LogP contribution in [0.15, 0.2) is 24.3 Å². The minimum absolute atomic E-state index is 0.0855. The smallest absolute Gasteiger partial charge is 0.323 e. The van der Waals surface area contributed by atoms with Gasteiger partial charge in [0.15, 0.2) is 11.5 Å². The molecule has 1 aromatic carbocycles. The average Bonchev–Trinajstić information content (AvgIpc) is 2.38. The summed E-state index contributed by atoms with van der Waals surface area (Å²) >= 11 is 0. The van der Waals surface area contributed by atoms with Crippen molar-refractivity contribution in [1.82, 2.24) is 5.32 Å². The quantitative estimate of drug-likeness (QED) is 0.765. The number of carboxylic acids is 1. The molecule has 1 unspecified atom stereocenters. The Morgan fingerprint density at radius 3 is 2.45 bits per heavy atom. The molecule has 1 rings (SSSR count). The van der Waals surface area contributed by atoms with Crippen molar-refractivity contribution in [2.24, 2.45) is 0 Å². The predicted octanol–water partition coefficient (Wildman–Crippen LogP) is 2.31. The molecule has 0 aromatic heterocycles. The molecule has 1 aromatic rings. The Morgan fingerprint density at radius 2 is 1.95 bits per heavy atom. The number of rotatable bonds is 8. The highest BCUT2D eigenvalue weighted by molar-refractivity contribution is 5.78. The topological polar surface area (TPSA) is 67.8 Å². The highest BCUT2D eigenvalue weighted by Crippen LogP contribution is 2.26. The summed E-state index contributed by atoms with van der Waals surface area (Å²) in [6, 6.07) is 7.39. The summed E-state index contributed by atoms with van der Waals surface area (Å²) in [6.07, 6.45) is 0.360. The normalized spacial score (nSPS) is 13.8. The Balaban J connectivity index is 2.63. The first-order valence-electron chi connectivity index (χ1n) is 6.66. The van der Waals surface area contributed by atoms with E-state index in [4.69, 9.17) is 9.47 Å². The predicted molar refractivity (Wildman–Crippen MR) is 77.4 cm³/mol. The van der Waals surface area contributed by atoms with Gasteiger partial charge < -0.3 is 14.6 Å². The Hall–Kier alpha value is -1.75. The van der Waals surface area contributed by atoms with Crippen LogP contribution in [0, 0.1) is 0 Å². The third-order valence-corrected chi connectivity index (χ3v) is 3.01. The number of hydrogen-bond acceptors (Lipinski definition) is 4. The zero-order chi connectivity index (χ0) is 15.2. The second kappa shape index (κ2) is 7.14. The van der Waals surface area contributed by atoms with Crippen LogP contribution in [0.5, 0.6) is 11.5 Å². The van der Waals surface area contributed by atoms with Crippen molar-refractivity contribution in [1.29, 1.82) is 0 Å². The van der Waals surface area contributed by atoms with Gasteiger partial charge in [0.1, 0.15) is 5.54 Å². The molecule has 2 N–H and O–H groups in total. The van der Waals surface area contributed by atoms with Crippen molar-refractivity contribution >= 4 is 5.97 Å². The second-order valence-electron chi connectivity index (χ2n) is 5.19. The van der Waals surface area contributed by atoms with Crippen LogP contribution >= 0.6 is 0 Å². The molecule has 0 saturated carbocycles. The van der Waals surface area contributed by atoms with Crippen molar-refractivity contribution in [2.45, 2.75) is 38.8 Å². The molecule has 0 fully saturated rings. The van der Waals surface area contributed by atoms with Crippen molar-refractivity contribution in [2.75, 3.05) is 13.7 Å². The molecule has 5 nitrogen and oxygen atoms in total. The van der Waals surface area contributed by atoms with Crippen LogP contribution in [0.3, 0.4) is 0 Å². The van der Waals surface area contributed by atoms with E-state index in [1.807, 2.05) is 26.0 Å². The van der Waals surface area contributed by atoms with E-state index in [1.165, 1.54) is 0 Å². The molecule has 0 heterocycles. The minimum Gasteiger partial charge on any atom is -0.493 e. The van der Waals surface area contributed by atoms with Crippen LogP contribution in [-0.4, -0.2) is 36.4 Å². The van der Waals surface area contributed by atoms with Gasteiger partial charge in [-0.15, -0.1) is 0 Å². The van der Waals surface area contributed by atoms with Crippen molar-refractivity contribution in [3.8, 4) is 11.5 Å². The first kappa shape index (κ1) is 16.3. The number of nitrogens with one attached hydrogen (secondary N) is 1. The van der Waals surface area contributed by atoms with E-state index in [0.717, 1.165) is 0 Å². The Labute approximate surface area is 119 Å². The third-order valence-electron chi connectivity index (χ3n) is 3.01. The molecule has 0 aliphatic rings. The number of carbonyl (C=O) groups is 1. The highest BCUT2D eigenvalue weighted by Gasteiger charge is 2.33. The van der Waals surface area contributed by atoms with Gasteiger partial charge in [-0.1, -0.05) is 12.1 Å². The van der Waals surface area contributed by atoms with Crippen LogP contribution in [0.25, 0.3) is 0 Å². The number of ether oxygens (including phenoxy) is 2. The van der Waals surface area contributed by atoms with Crippen molar-refractivity contribution < 1.29 is 19.4 Å². The number of methoxy groups -OCH3 is 1. The van der Waals surface area contributed by atoms with E-state index in [9.17, 15) is 9.90 Å². The second-order valence-corrected chi connectivity index (χ2v) is 5.19. The molecular formula is C15H23NO4. The summed E-state index contributed by atoms with van der Waals surface area (Å²) in [5.41, 5.74) is -1.00. The zero-order valence-corrected chi connectivity index (χ0v) is 12.5. The molecule has 0 bridgehead atoms. The summed E-state index contributed by atoms with van der Waals surface area (Å²) in [6.45, 7) is 5.80. The maximum Gasteiger partial charge on any atom is 0.323 e. The molecule has 5 heteroatoms. The maximum atomic E-state index is 11.4.